The van der Waals surface area contributed by atoms with Gasteiger partial charge in [0.1, 0.15) is 0 Å². The number of hydrogen-bond donors (Lipinski definition) is 3. The molecule has 30 heavy (non-hydrogen) atoms. The van der Waals surface area contributed by atoms with Crippen LogP contribution in [0.4, 0.5) is 5.69 Å². The van der Waals surface area contributed by atoms with E-state index in [1.807, 2.05) is 30.3 Å². The van der Waals surface area contributed by atoms with Crippen LogP contribution in [-0.4, -0.2) is 29.4 Å². The van der Waals surface area contributed by atoms with Crippen molar-refractivity contribution in [3.8, 4) is 0 Å². The number of carboxylic acid groups (broad SMARTS) is 1. The second-order valence-electron chi connectivity index (χ2n) is 6.77. The van der Waals surface area contributed by atoms with E-state index in [2.05, 4.69) is 10.6 Å². The molecule has 0 aromatic heterocycles. The van der Waals surface area contributed by atoms with Gasteiger partial charge in [-0.15, -0.1) is 0 Å². The molecule has 0 saturated carbocycles. The lowest BCUT2D eigenvalue weighted by molar-refractivity contribution is 0.0695. The Balaban J connectivity index is 1.51. The highest BCUT2D eigenvalue weighted by atomic mass is 32.2. The molecule has 0 unspecified atom stereocenters. The number of aromatic carboxylic acids is 1. The second-order valence-corrected chi connectivity index (χ2v) is 7.86. The number of rotatable bonds is 5. The van der Waals surface area contributed by atoms with Gasteiger partial charge in [0.2, 0.25) is 0 Å². The van der Waals surface area contributed by atoms with Crippen LogP contribution in [0, 0.1) is 0 Å². The summed E-state index contributed by atoms with van der Waals surface area (Å²) in [6.07, 6.45) is 0.728. The van der Waals surface area contributed by atoms with Crippen LogP contribution < -0.4 is 10.6 Å². The van der Waals surface area contributed by atoms with Crippen molar-refractivity contribution in [2.75, 3.05) is 11.9 Å². The van der Waals surface area contributed by atoms with Gasteiger partial charge in [-0.25, -0.2) is 4.79 Å². The molecule has 0 saturated heterocycles. The number of benzene rings is 3. The fourth-order valence-electron chi connectivity index (χ4n) is 3.16. The first-order chi connectivity index (χ1) is 14.5. The SMILES string of the molecule is O=C(O)c1ccc2c(c1)Sc1ccc(C(=O)NCCc3ccccc3)cc1NC2=O. The summed E-state index contributed by atoms with van der Waals surface area (Å²) in [5.41, 5.74) is 2.62. The van der Waals surface area contributed by atoms with Crippen LogP contribution >= 0.6 is 11.8 Å². The zero-order valence-electron chi connectivity index (χ0n) is 15.8. The molecular formula is C23H18N2O4S. The van der Waals surface area contributed by atoms with Gasteiger partial charge in [0.15, 0.2) is 0 Å². The monoisotopic (exact) mass is 418 g/mol. The molecule has 7 heteroatoms. The standard InChI is InChI=1S/C23H18N2O4S/c26-21(24-11-10-14-4-2-1-3-5-14)15-7-9-19-18(12-15)25-22(27)17-8-6-16(23(28)29)13-20(17)30-19/h1-9,12-13H,10-11H2,(H,24,26)(H,25,27)(H,28,29). The van der Waals surface area contributed by atoms with E-state index in [-0.39, 0.29) is 17.4 Å². The zero-order chi connectivity index (χ0) is 21.1. The summed E-state index contributed by atoms with van der Waals surface area (Å²) in [4.78, 5) is 37.7. The maximum atomic E-state index is 12.6. The van der Waals surface area contributed by atoms with Crippen LogP contribution in [-0.2, 0) is 6.42 Å². The zero-order valence-corrected chi connectivity index (χ0v) is 16.7. The lowest BCUT2D eigenvalue weighted by atomic mass is 10.1. The Morgan fingerprint density at radius 2 is 1.70 bits per heavy atom. The first-order valence-corrected chi connectivity index (χ1v) is 10.2. The van der Waals surface area contributed by atoms with Gasteiger partial charge in [-0.2, -0.15) is 0 Å². The summed E-state index contributed by atoms with van der Waals surface area (Å²) in [7, 11) is 0. The lowest BCUT2D eigenvalue weighted by Gasteiger charge is -2.10. The third-order valence-electron chi connectivity index (χ3n) is 4.73. The number of hydrogen-bond acceptors (Lipinski definition) is 4. The minimum Gasteiger partial charge on any atom is -0.478 e. The van der Waals surface area contributed by atoms with Gasteiger partial charge in [-0.05, 0) is 48.4 Å². The lowest BCUT2D eigenvalue weighted by Crippen LogP contribution is -2.25. The summed E-state index contributed by atoms with van der Waals surface area (Å²) in [6, 6.07) is 19.4. The summed E-state index contributed by atoms with van der Waals surface area (Å²) in [5.74, 6) is -1.61. The number of fused-ring (bicyclic) bond motifs is 2. The Kier molecular flexibility index (Phi) is 5.54. The average Bonchev–Trinajstić information content (AvgIpc) is 2.89. The van der Waals surface area contributed by atoms with Gasteiger partial charge in [-0.1, -0.05) is 42.1 Å². The van der Waals surface area contributed by atoms with Gasteiger partial charge in [0, 0.05) is 21.9 Å². The summed E-state index contributed by atoms with van der Waals surface area (Å²) >= 11 is 1.30. The molecule has 0 radical (unpaired) electrons. The van der Waals surface area contributed by atoms with Crippen LogP contribution in [0.2, 0.25) is 0 Å². The van der Waals surface area contributed by atoms with Crippen molar-refractivity contribution in [1.82, 2.24) is 5.32 Å². The molecule has 6 nitrogen and oxygen atoms in total. The van der Waals surface area contributed by atoms with Crippen molar-refractivity contribution in [2.24, 2.45) is 0 Å². The molecule has 1 heterocycles. The van der Waals surface area contributed by atoms with Gasteiger partial charge >= 0.3 is 5.97 Å². The number of carboxylic acids is 1. The van der Waals surface area contributed by atoms with Crippen molar-refractivity contribution < 1.29 is 19.5 Å². The van der Waals surface area contributed by atoms with E-state index in [1.165, 1.54) is 30.0 Å². The van der Waals surface area contributed by atoms with Crippen LogP contribution in [0.1, 0.15) is 36.6 Å². The Bertz CT molecular complexity index is 1150. The normalized spacial score (nSPS) is 12.2. The Morgan fingerprint density at radius 3 is 2.47 bits per heavy atom. The molecular weight excluding hydrogens is 400 g/mol. The smallest absolute Gasteiger partial charge is 0.335 e. The average molecular weight is 418 g/mol. The Morgan fingerprint density at radius 1 is 0.933 bits per heavy atom. The molecule has 0 bridgehead atoms. The highest BCUT2D eigenvalue weighted by molar-refractivity contribution is 7.99. The van der Waals surface area contributed by atoms with Crippen molar-refractivity contribution in [3.05, 3.63) is 89.0 Å². The van der Waals surface area contributed by atoms with E-state index >= 15 is 0 Å². The van der Waals surface area contributed by atoms with E-state index in [0.29, 0.717) is 28.3 Å². The number of anilines is 1. The van der Waals surface area contributed by atoms with Crippen LogP contribution in [0.3, 0.4) is 0 Å². The fourth-order valence-corrected chi connectivity index (χ4v) is 4.21. The third-order valence-corrected chi connectivity index (χ3v) is 5.86. The number of nitrogens with one attached hydrogen (secondary N) is 2. The molecule has 0 aliphatic carbocycles. The molecule has 0 fully saturated rings. The minimum absolute atomic E-state index is 0.118. The second kappa shape index (κ2) is 8.42. The molecule has 3 aromatic carbocycles. The molecule has 2 amide bonds. The predicted octanol–water partition coefficient (Wildman–Crippen LogP) is 4.07. The Hall–Kier alpha value is -3.58. The Labute approximate surface area is 177 Å². The minimum atomic E-state index is -1.05. The highest BCUT2D eigenvalue weighted by Gasteiger charge is 2.22. The molecule has 0 atom stereocenters. The maximum absolute atomic E-state index is 12.6. The van der Waals surface area contributed by atoms with E-state index in [4.69, 9.17) is 0 Å². The van der Waals surface area contributed by atoms with Crippen LogP contribution in [0.25, 0.3) is 0 Å². The predicted molar refractivity (Wildman–Crippen MR) is 114 cm³/mol. The van der Waals surface area contributed by atoms with E-state index in [0.717, 1.165) is 16.9 Å². The van der Waals surface area contributed by atoms with Gasteiger partial charge in [0.05, 0.1) is 16.8 Å². The van der Waals surface area contributed by atoms with Crippen LogP contribution in [0.5, 0.6) is 0 Å². The molecule has 0 spiro atoms. The van der Waals surface area contributed by atoms with Crippen molar-refractivity contribution in [2.45, 2.75) is 16.2 Å². The largest absolute Gasteiger partial charge is 0.478 e. The number of carbonyl (C=O) groups excluding carboxylic acids is 2. The van der Waals surface area contributed by atoms with Crippen molar-refractivity contribution >= 4 is 35.2 Å². The fraction of sp³-hybridized carbons (Fsp3) is 0.0870. The van der Waals surface area contributed by atoms with E-state index < -0.39 is 5.97 Å². The van der Waals surface area contributed by atoms with Gasteiger partial charge in [0.25, 0.3) is 11.8 Å². The molecule has 3 N–H and O–H groups in total. The summed E-state index contributed by atoms with van der Waals surface area (Å²) < 4.78 is 0. The van der Waals surface area contributed by atoms with Crippen LogP contribution in [0.15, 0.2) is 76.5 Å². The topological polar surface area (TPSA) is 95.5 Å². The van der Waals surface area contributed by atoms with E-state index in [9.17, 15) is 19.5 Å². The third kappa shape index (κ3) is 4.21. The first-order valence-electron chi connectivity index (χ1n) is 9.34. The van der Waals surface area contributed by atoms with Crippen molar-refractivity contribution in [1.29, 1.82) is 0 Å². The van der Waals surface area contributed by atoms with Gasteiger partial charge in [-0.3, -0.25) is 9.59 Å². The summed E-state index contributed by atoms with van der Waals surface area (Å²) in [5, 5.41) is 14.9. The van der Waals surface area contributed by atoms with Crippen molar-refractivity contribution in [3.63, 3.8) is 0 Å². The molecule has 3 aromatic rings. The molecule has 150 valence electrons. The molecule has 1 aliphatic rings. The number of carbonyl (C=O) groups is 3. The maximum Gasteiger partial charge on any atom is 0.335 e. The van der Waals surface area contributed by atoms with E-state index in [1.54, 1.807) is 18.2 Å². The van der Waals surface area contributed by atoms with Gasteiger partial charge < -0.3 is 15.7 Å². The highest BCUT2D eigenvalue weighted by Crippen LogP contribution is 2.39. The molecule has 1 aliphatic heterocycles. The quantitative estimate of drug-likeness (QED) is 0.580. The summed E-state index contributed by atoms with van der Waals surface area (Å²) in [6.45, 7) is 0.504. The molecule has 4 rings (SSSR count). The first kappa shape index (κ1) is 19.7. The number of amides is 2.